The Bertz CT molecular complexity index is 906. The number of nitrogens with one attached hydrogen (secondary N) is 1. The number of hydrogen-bond donors (Lipinski definition) is 1. The second kappa shape index (κ2) is 11.1. The van der Waals surface area contributed by atoms with Crippen molar-refractivity contribution in [3.05, 3.63) is 65.5 Å². The van der Waals surface area contributed by atoms with E-state index in [1.54, 1.807) is 25.1 Å². The molecule has 0 saturated heterocycles. The van der Waals surface area contributed by atoms with Crippen molar-refractivity contribution in [2.75, 3.05) is 6.61 Å². The highest BCUT2D eigenvalue weighted by Crippen LogP contribution is 2.24. The molecule has 0 heterocycles. The summed E-state index contributed by atoms with van der Waals surface area (Å²) in [5, 5.41) is 2.89. The average molecular weight is 443 g/mol. The summed E-state index contributed by atoms with van der Waals surface area (Å²) in [5.74, 6) is -0.522. The maximum atomic E-state index is 14.3. The maximum Gasteiger partial charge on any atom is 0.261 e. The van der Waals surface area contributed by atoms with E-state index in [4.69, 9.17) is 4.74 Å². The van der Waals surface area contributed by atoms with Crippen LogP contribution in [0.15, 0.2) is 48.5 Å². The van der Waals surface area contributed by atoms with Crippen LogP contribution >= 0.6 is 0 Å². The van der Waals surface area contributed by atoms with Crippen LogP contribution in [0, 0.1) is 5.82 Å². The summed E-state index contributed by atoms with van der Waals surface area (Å²) in [4.78, 5) is 27.1. The maximum absolute atomic E-state index is 14.3. The van der Waals surface area contributed by atoms with E-state index >= 15 is 0 Å². The Morgan fingerprint density at radius 2 is 1.69 bits per heavy atom. The third kappa shape index (κ3) is 7.08. The molecule has 0 aliphatic heterocycles. The molecular weight excluding hydrogens is 407 g/mol. The summed E-state index contributed by atoms with van der Waals surface area (Å²) in [6.07, 6.45) is 0.771. The molecule has 174 valence electrons. The molecule has 0 radical (unpaired) electrons. The number of rotatable bonds is 9. The van der Waals surface area contributed by atoms with Gasteiger partial charge >= 0.3 is 0 Å². The van der Waals surface area contributed by atoms with Crippen LogP contribution in [0.25, 0.3) is 0 Å². The van der Waals surface area contributed by atoms with Crippen molar-refractivity contribution < 1.29 is 18.7 Å². The minimum atomic E-state index is -0.775. The lowest BCUT2D eigenvalue weighted by Crippen LogP contribution is -2.50. The number of hydrogen-bond acceptors (Lipinski definition) is 3. The molecule has 0 spiro atoms. The minimum absolute atomic E-state index is 0.0172. The fourth-order valence-electron chi connectivity index (χ4n) is 3.14. The molecule has 0 unspecified atom stereocenters. The predicted octanol–water partition coefficient (Wildman–Crippen LogP) is 4.83. The van der Waals surface area contributed by atoms with Gasteiger partial charge in [-0.25, -0.2) is 4.39 Å². The molecule has 0 fully saturated rings. The first-order valence-corrected chi connectivity index (χ1v) is 11.1. The smallest absolute Gasteiger partial charge is 0.261 e. The van der Waals surface area contributed by atoms with Gasteiger partial charge in [-0.05, 0) is 49.4 Å². The lowest BCUT2D eigenvalue weighted by Gasteiger charge is -2.29. The topological polar surface area (TPSA) is 58.6 Å². The van der Waals surface area contributed by atoms with E-state index in [0.717, 1.165) is 12.0 Å². The minimum Gasteiger partial charge on any atom is -0.484 e. The third-order valence-electron chi connectivity index (χ3n) is 5.55. The van der Waals surface area contributed by atoms with Crippen molar-refractivity contribution in [2.24, 2.45) is 0 Å². The Balaban J connectivity index is 2.15. The zero-order valence-electron chi connectivity index (χ0n) is 19.9. The zero-order valence-corrected chi connectivity index (χ0v) is 19.9. The van der Waals surface area contributed by atoms with Crippen molar-refractivity contribution in [2.45, 2.75) is 72.0 Å². The van der Waals surface area contributed by atoms with Crippen LogP contribution in [-0.2, 0) is 21.5 Å². The van der Waals surface area contributed by atoms with Crippen LogP contribution in [0.4, 0.5) is 4.39 Å². The van der Waals surface area contributed by atoms with Crippen LogP contribution in [0.2, 0.25) is 0 Å². The number of ether oxygens (including phenoxy) is 1. The lowest BCUT2D eigenvalue weighted by molar-refractivity contribution is -0.142. The van der Waals surface area contributed by atoms with Gasteiger partial charge in [0.15, 0.2) is 6.61 Å². The number of nitrogens with zero attached hydrogens (tertiary/aromatic N) is 1. The van der Waals surface area contributed by atoms with Gasteiger partial charge in [0, 0.05) is 18.2 Å². The van der Waals surface area contributed by atoms with E-state index in [0.29, 0.717) is 11.3 Å². The van der Waals surface area contributed by atoms with Crippen molar-refractivity contribution in [3.63, 3.8) is 0 Å². The normalized spacial score (nSPS) is 13.2. The van der Waals surface area contributed by atoms with E-state index in [1.165, 1.54) is 11.0 Å². The van der Waals surface area contributed by atoms with Crippen LogP contribution in [0.5, 0.6) is 5.75 Å². The zero-order chi connectivity index (χ0) is 23.9. The molecule has 2 aromatic rings. The second-order valence-electron chi connectivity index (χ2n) is 9.17. The fourth-order valence-corrected chi connectivity index (χ4v) is 3.14. The fraction of sp³-hybridized carbons (Fsp3) is 0.462. The Kier molecular flexibility index (Phi) is 8.81. The summed E-state index contributed by atoms with van der Waals surface area (Å²) >= 11 is 0. The van der Waals surface area contributed by atoms with Crippen LogP contribution in [-0.4, -0.2) is 35.4 Å². The highest BCUT2D eigenvalue weighted by atomic mass is 19.1. The van der Waals surface area contributed by atoms with Crippen molar-refractivity contribution >= 4 is 11.8 Å². The first kappa shape index (κ1) is 25.4. The molecule has 5 nitrogen and oxygen atoms in total. The molecule has 2 rings (SSSR count). The molecule has 0 aliphatic carbocycles. The van der Waals surface area contributed by atoms with Gasteiger partial charge in [-0.3, -0.25) is 9.59 Å². The van der Waals surface area contributed by atoms with Gasteiger partial charge in [-0.15, -0.1) is 0 Å². The summed E-state index contributed by atoms with van der Waals surface area (Å²) in [5.41, 5.74) is 1.52. The number of carbonyl (C=O) groups excluding carboxylic acids is 2. The van der Waals surface area contributed by atoms with Gasteiger partial charge in [0.1, 0.15) is 17.6 Å². The van der Waals surface area contributed by atoms with Gasteiger partial charge in [-0.2, -0.15) is 0 Å². The van der Waals surface area contributed by atoms with E-state index in [2.05, 4.69) is 26.1 Å². The van der Waals surface area contributed by atoms with Gasteiger partial charge in [0.05, 0.1) is 0 Å². The van der Waals surface area contributed by atoms with Crippen LogP contribution < -0.4 is 10.1 Å². The lowest BCUT2D eigenvalue weighted by atomic mass is 9.87. The molecule has 32 heavy (non-hydrogen) atoms. The summed E-state index contributed by atoms with van der Waals surface area (Å²) in [7, 11) is 0. The molecule has 1 N–H and O–H groups in total. The van der Waals surface area contributed by atoms with Gasteiger partial charge < -0.3 is 15.0 Å². The molecule has 0 aromatic heterocycles. The Labute approximate surface area is 191 Å². The number of amides is 2. The summed E-state index contributed by atoms with van der Waals surface area (Å²) in [6, 6.07) is 13.1. The van der Waals surface area contributed by atoms with Crippen molar-refractivity contribution in [1.82, 2.24) is 10.2 Å². The Hall–Kier alpha value is -2.89. The largest absolute Gasteiger partial charge is 0.484 e. The Morgan fingerprint density at radius 1 is 1.06 bits per heavy atom. The van der Waals surface area contributed by atoms with Crippen molar-refractivity contribution in [3.8, 4) is 5.75 Å². The van der Waals surface area contributed by atoms with Gasteiger partial charge in [-0.1, -0.05) is 58.0 Å². The Morgan fingerprint density at radius 3 is 2.25 bits per heavy atom. The first-order valence-electron chi connectivity index (χ1n) is 11.1. The molecule has 0 saturated carbocycles. The van der Waals surface area contributed by atoms with E-state index in [1.807, 2.05) is 38.1 Å². The first-order chi connectivity index (χ1) is 15.0. The average Bonchev–Trinajstić information content (AvgIpc) is 2.76. The molecule has 2 aromatic carbocycles. The van der Waals surface area contributed by atoms with Crippen LogP contribution in [0.3, 0.4) is 0 Å². The molecule has 0 aliphatic rings. The molecule has 0 bridgehead atoms. The van der Waals surface area contributed by atoms with Gasteiger partial charge in [0.25, 0.3) is 5.91 Å². The number of halogens is 1. The second-order valence-corrected chi connectivity index (χ2v) is 9.17. The standard InChI is InChI=1S/C26H35FN2O3/c1-7-18(2)28-25(31)19(3)29(16-20-10-8-9-11-23(20)27)24(30)17-32-22-14-12-21(13-15-22)26(4,5)6/h8-15,18-19H,7,16-17H2,1-6H3,(H,28,31)/t18-,19+/m0/s1. The molecular formula is C26H35FN2O3. The number of benzene rings is 2. The third-order valence-corrected chi connectivity index (χ3v) is 5.55. The quantitative estimate of drug-likeness (QED) is 0.605. The summed E-state index contributed by atoms with van der Waals surface area (Å²) in [6.45, 7) is 11.6. The highest BCUT2D eigenvalue weighted by Gasteiger charge is 2.28. The van der Waals surface area contributed by atoms with E-state index in [9.17, 15) is 14.0 Å². The summed E-state index contributed by atoms with van der Waals surface area (Å²) < 4.78 is 20.0. The molecule has 6 heteroatoms. The SMILES string of the molecule is CC[C@H](C)NC(=O)[C@@H](C)N(Cc1ccccc1F)C(=O)COc1ccc(C(C)(C)C)cc1. The van der Waals surface area contributed by atoms with E-state index in [-0.39, 0.29) is 36.4 Å². The monoisotopic (exact) mass is 442 g/mol. The molecule has 2 atom stereocenters. The molecule has 2 amide bonds. The van der Waals surface area contributed by atoms with Gasteiger partial charge in [0.2, 0.25) is 5.91 Å². The van der Waals surface area contributed by atoms with Crippen LogP contribution in [0.1, 0.15) is 59.1 Å². The predicted molar refractivity (Wildman–Crippen MR) is 125 cm³/mol. The van der Waals surface area contributed by atoms with Crippen molar-refractivity contribution in [1.29, 1.82) is 0 Å². The van der Waals surface area contributed by atoms with E-state index < -0.39 is 11.9 Å². The number of carbonyl (C=O) groups is 2. The highest BCUT2D eigenvalue weighted by molar-refractivity contribution is 5.88.